The van der Waals surface area contributed by atoms with Crippen molar-refractivity contribution in [2.75, 3.05) is 13.1 Å². The van der Waals surface area contributed by atoms with E-state index >= 15 is 0 Å². The van der Waals surface area contributed by atoms with E-state index in [1.807, 2.05) is 54.5 Å². The third kappa shape index (κ3) is 10.3. The Hall–Kier alpha value is -4.47. The first-order valence-electron chi connectivity index (χ1n) is 15.1. The number of thiazole rings is 2. The van der Waals surface area contributed by atoms with Crippen molar-refractivity contribution in [3.05, 3.63) is 85.9 Å². The monoisotopic (exact) mass is 681 g/mol. The van der Waals surface area contributed by atoms with E-state index < -0.39 is 24.0 Å². The quantitative estimate of drug-likeness (QED) is 0.239. The molecule has 3 aromatic heterocycles. The average molecular weight is 682 g/mol. The number of nitrogens with one attached hydrogen (secondary N) is 3. The first kappa shape index (κ1) is 35.4. The minimum absolute atomic E-state index is 0.0489. The molecule has 0 aliphatic carbocycles. The lowest BCUT2D eigenvalue weighted by molar-refractivity contribution is -0.134. The topological polar surface area (TPSA) is 180 Å². The van der Waals surface area contributed by atoms with Crippen LogP contribution in [0, 0.1) is 12.8 Å². The van der Waals surface area contributed by atoms with E-state index in [2.05, 4.69) is 30.9 Å². The van der Waals surface area contributed by atoms with Crippen LogP contribution in [0.2, 0.25) is 0 Å². The predicted octanol–water partition coefficient (Wildman–Crippen LogP) is 4.15. The Kier molecular flexibility index (Phi) is 12.3. The average Bonchev–Trinajstić information content (AvgIpc) is 3.77. The van der Waals surface area contributed by atoms with Crippen molar-refractivity contribution >= 4 is 46.4 Å². The summed E-state index contributed by atoms with van der Waals surface area (Å²) in [6, 6.07) is 8.55. The molecule has 4 bridgehead atoms. The second-order valence-electron chi connectivity index (χ2n) is 11.5. The first-order chi connectivity index (χ1) is 22.4. The summed E-state index contributed by atoms with van der Waals surface area (Å²) in [4.78, 5) is 64.6. The summed E-state index contributed by atoms with van der Waals surface area (Å²) in [5.41, 5.74) is 4.06. The largest absolute Gasteiger partial charge is 0.481 e. The van der Waals surface area contributed by atoms with Crippen LogP contribution in [0.15, 0.2) is 51.0 Å². The van der Waals surface area contributed by atoms with E-state index in [9.17, 15) is 14.4 Å². The summed E-state index contributed by atoms with van der Waals surface area (Å²) < 4.78 is 5.92. The van der Waals surface area contributed by atoms with Crippen molar-refractivity contribution < 1.29 is 28.7 Å². The van der Waals surface area contributed by atoms with Crippen LogP contribution in [0.3, 0.4) is 0 Å². The van der Waals surface area contributed by atoms with Crippen molar-refractivity contribution in [3.63, 3.8) is 0 Å². The number of rotatable bonds is 5. The smallest absolute Gasteiger partial charge is 0.300 e. The second kappa shape index (κ2) is 16.4. The van der Waals surface area contributed by atoms with Crippen molar-refractivity contribution in [3.8, 4) is 0 Å². The maximum atomic E-state index is 13.5. The maximum absolute atomic E-state index is 13.5. The van der Waals surface area contributed by atoms with Gasteiger partial charge in [-0.1, -0.05) is 44.2 Å². The van der Waals surface area contributed by atoms with Crippen molar-refractivity contribution in [2.45, 2.75) is 65.7 Å². The molecule has 4 heterocycles. The number of aliphatic carboxylic acids is 1. The third-order valence-electron chi connectivity index (χ3n) is 7.13. The standard InChI is InChI=1S/C30H35N7O4S2.C2H4O2/c1-17(2)25-29-36-26(19(4)41-29)28(40)32-18(3)30-34-23(15-43-30)27(39)33-21(10-20-8-6-5-7-9-20)11-37(13-24(38)35-25)12-22-14-42-16-31-22;1-2(3)4/h5-9,14-18,21,25H,10-13H2,1-4H3,(H,32,40)(H,33,39)(H,35,38);1H3,(H,3,4)/t18-,21-,25+;/m1./s1. The lowest BCUT2D eigenvalue weighted by atomic mass is 10.0. The van der Waals surface area contributed by atoms with Gasteiger partial charge in [-0.05, 0) is 31.7 Å². The molecule has 1 aliphatic rings. The van der Waals surface area contributed by atoms with Gasteiger partial charge in [-0.15, -0.1) is 22.7 Å². The van der Waals surface area contributed by atoms with Crippen LogP contribution in [-0.2, 0) is 22.6 Å². The number of nitrogens with zero attached hydrogens (tertiary/aromatic N) is 4. The molecule has 0 radical (unpaired) electrons. The van der Waals surface area contributed by atoms with Crippen molar-refractivity contribution in [1.82, 2.24) is 35.8 Å². The minimum atomic E-state index is -0.833. The SMILES string of the molecule is CC(=O)O.Cc1oc2nc1C(=O)N[C@H](C)c1nc(cs1)C(=O)N[C@H](Cc1ccccc1)CN(Cc1cscn1)CC(=O)N[C@H]2C(C)C. The molecular weight excluding hydrogens is 643 g/mol. The van der Waals surface area contributed by atoms with Crippen LogP contribution in [0.4, 0.5) is 0 Å². The number of aromatic nitrogens is 3. The third-order valence-corrected chi connectivity index (χ3v) is 8.79. The van der Waals surface area contributed by atoms with Gasteiger partial charge in [-0.2, -0.15) is 0 Å². The number of carboxylic acid groups (broad SMARTS) is 1. The van der Waals surface area contributed by atoms with Gasteiger partial charge in [0.25, 0.3) is 17.8 Å². The van der Waals surface area contributed by atoms with Gasteiger partial charge in [-0.3, -0.25) is 24.1 Å². The van der Waals surface area contributed by atoms with E-state index in [4.69, 9.17) is 14.3 Å². The molecule has 3 atom stereocenters. The summed E-state index contributed by atoms with van der Waals surface area (Å²) in [6.07, 6.45) is 0.554. The highest BCUT2D eigenvalue weighted by Crippen LogP contribution is 2.25. The summed E-state index contributed by atoms with van der Waals surface area (Å²) in [6.45, 7) is 9.33. The number of benzene rings is 1. The highest BCUT2D eigenvalue weighted by molar-refractivity contribution is 7.10. The molecular formula is C32H39N7O6S2. The normalized spacial score (nSPS) is 19.4. The van der Waals surface area contributed by atoms with Gasteiger partial charge in [0.1, 0.15) is 22.5 Å². The number of carboxylic acids is 1. The van der Waals surface area contributed by atoms with E-state index in [1.54, 1.807) is 24.7 Å². The highest BCUT2D eigenvalue weighted by Gasteiger charge is 2.29. The molecule has 3 amide bonds. The number of amides is 3. The molecule has 15 heteroatoms. The Morgan fingerprint density at radius 1 is 1.09 bits per heavy atom. The molecule has 13 nitrogen and oxygen atoms in total. The fourth-order valence-electron chi connectivity index (χ4n) is 4.97. The number of fused-ring (bicyclic) bond motifs is 4. The molecule has 4 aromatic rings. The van der Waals surface area contributed by atoms with Gasteiger partial charge in [-0.25, -0.2) is 15.0 Å². The summed E-state index contributed by atoms with van der Waals surface area (Å²) >= 11 is 2.79. The van der Waals surface area contributed by atoms with Gasteiger partial charge in [0, 0.05) is 36.8 Å². The molecule has 0 unspecified atom stereocenters. The summed E-state index contributed by atoms with van der Waals surface area (Å²) in [5.74, 6) is -1.25. The van der Waals surface area contributed by atoms with Crippen LogP contribution in [0.1, 0.15) is 88.7 Å². The van der Waals surface area contributed by atoms with Crippen LogP contribution in [0.5, 0.6) is 0 Å². The Morgan fingerprint density at radius 3 is 2.47 bits per heavy atom. The molecule has 0 spiro atoms. The molecule has 5 rings (SSSR count). The molecule has 1 aromatic carbocycles. The van der Waals surface area contributed by atoms with E-state index in [1.165, 1.54) is 22.7 Å². The Balaban J connectivity index is 0.00000118. The van der Waals surface area contributed by atoms with Crippen molar-refractivity contribution in [1.29, 1.82) is 0 Å². The summed E-state index contributed by atoms with van der Waals surface area (Å²) in [5, 5.41) is 20.8. The fraction of sp³-hybridized carbons (Fsp3) is 0.406. The van der Waals surface area contributed by atoms with E-state index in [0.717, 1.165) is 18.2 Å². The molecule has 1 aliphatic heterocycles. The molecule has 0 saturated heterocycles. The molecule has 4 N–H and O–H groups in total. The first-order valence-corrected chi connectivity index (χ1v) is 16.9. The lowest BCUT2D eigenvalue weighted by Crippen LogP contribution is -2.48. The Morgan fingerprint density at radius 2 is 1.81 bits per heavy atom. The van der Waals surface area contributed by atoms with Gasteiger partial charge >= 0.3 is 0 Å². The second-order valence-corrected chi connectivity index (χ2v) is 13.1. The number of hydrogen-bond donors (Lipinski definition) is 4. The van der Waals surface area contributed by atoms with Crippen LogP contribution in [0.25, 0.3) is 0 Å². The number of oxazole rings is 1. The van der Waals surface area contributed by atoms with E-state index in [0.29, 0.717) is 30.3 Å². The molecule has 0 fully saturated rings. The van der Waals surface area contributed by atoms with Crippen LogP contribution in [-0.4, -0.2) is 67.8 Å². The van der Waals surface area contributed by atoms with Gasteiger partial charge in [0.05, 0.1) is 23.8 Å². The van der Waals surface area contributed by atoms with Gasteiger partial charge < -0.3 is 25.5 Å². The molecule has 0 saturated carbocycles. The highest BCUT2D eigenvalue weighted by atomic mass is 32.1. The lowest BCUT2D eigenvalue weighted by Gasteiger charge is -2.28. The molecule has 250 valence electrons. The van der Waals surface area contributed by atoms with E-state index in [-0.39, 0.29) is 47.6 Å². The molecule has 47 heavy (non-hydrogen) atoms. The van der Waals surface area contributed by atoms with Crippen LogP contribution >= 0.6 is 22.7 Å². The van der Waals surface area contributed by atoms with Gasteiger partial charge in [0.15, 0.2) is 5.69 Å². The minimum Gasteiger partial charge on any atom is -0.481 e. The zero-order chi connectivity index (χ0) is 34.1. The summed E-state index contributed by atoms with van der Waals surface area (Å²) in [7, 11) is 0. The van der Waals surface area contributed by atoms with Crippen molar-refractivity contribution in [2.24, 2.45) is 5.92 Å². The fourth-order valence-corrected chi connectivity index (χ4v) is 6.33. The Bertz CT molecular complexity index is 1650. The zero-order valence-electron chi connectivity index (χ0n) is 26.9. The Labute approximate surface area is 280 Å². The maximum Gasteiger partial charge on any atom is 0.300 e. The number of aryl methyl sites for hydroxylation is 1. The van der Waals surface area contributed by atoms with Crippen LogP contribution < -0.4 is 16.0 Å². The van der Waals surface area contributed by atoms with Gasteiger partial charge in [0.2, 0.25) is 11.8 Å². The number of carbonyl (C=O) groups excluding carboxylic acids is 3. The number of hydrogen-bond acceptors (Lipinski definition) is 11. The zero-order valence-corrected chi connectivity index (χ0v) is 28.5. The number of carbonyl (C=O) groups is 4. The predicted molar refractivity (Wildman–Crippen MR) is 177 cm³/mol.